The minimum Gasteiger partial charge on any atom is -0.434 e. The zero-order valence-electron chi connectivity index (χ0n) is 16.7. The second kappa shape index (κ2) is 9.12. The van der Waals surface area contributed by atoms with Crippen molar-refractivity contribution < 1.29 is 9.53 Å². The molecule has 3 aromatic rings. The van der Waals surface area contributed by atoms with Crippen LogP contribution in [0.5, 0.6) is 11.6 Å². The number of hydrogen-bond donors (Lipinski definition) is 1. The molecule has 0 spiro atoms. The first-order valence-electron chi connectivity index (χ1n) is 9.29. The standard InChI is InChI=1S/C21H13Cl2N7O3/c1-12-17(10-24)27-30(21(32)26-12)14-8-15(22)20(16(23)9-14)33-18-2-3-19(31)29(28-18)11-13-4-6-25-7-5-13/h2-9H,1,11H2,(H,26,32). The summed E-state index contributed by atoms with van der Waals surface area (Å²) in [5, 5.41) is 20.8. The predicted molar refractivity (Wildman–Crippen MR) is 122 cm³/mol. The molecule has 2 aromatic heterocycles. The lowest BCUT2D eigenvalue weighted by Crippen LogP contribution is -2.42. The van der Waals surface area contributed by atoms with Gasteiger partial charge in [-0.25, -0.2) is 9.48 Å². The lowest BCUT2D eigenvalue weighted by Gasteiger charge is -2.24. The molecular formula is C21H13Cl2N7O3. The van der Waals surface area contributed by atoms with E-state index in [1.807, 2.05) is 6.07 Å². The molecule has 0 unspecified atom stereocenters. The maximum Gasteiger partial charge on any atom is 0.347 e. The van der Waals surface area contributed by atoms with E-state index in [0.29, 0.717) is 0 Å². The second-order valence-corrected chi connectivity index (χ2v) is 7.46. The highest BCUT2D eigenvalue weighted by Gasteiger charge is 2.26. The maximum atomic E-state index is 12.3. The van der Waals surface area contributed by atoms with Gasteiger partial charge in [-0.05, 0) is 29.8 Å². The van der Waals surface area contributed by atoms with Gasteiger partial charge in [0, 0.05) is 24.5 Å². The van der Waals surface area contributed by atoms with Gasteiger partial charge in [0.15, 0.2) is 11.5 Å². The number of hydrogen-bond acceptors (Lipinski definition) is 7. The van der Waals surface area contributed by atoms with Gasteiger partial charge in [-0.15, -0.1) is 5.10 Å². The van der Waals surface area contributed by atoms with Gasteiger partial charge in [-0.1, -0.05) is 29.8 Å². The highest BCUT2D eigenvalue weighted by Crippen LogP contribution is 2.39. The normalized spacial score (nSPS) is 13.2. The van der Waals surface area contributed by atoms with Crippen LogP contribution in [0.4, 0.5) is 10.5 Å². The molecule has 4 rings (SSSR count). The Kier molecular flexibility index (Phi) is 6.08. The first kappa shape index (κ1) is 22.0. The predicted octanol–water partition coefficient (Wildman–Crippen LogP) is 3.71. The van der Waals surface area contributed by atoms with Gasteiger partial charge in [0.1, 0.15) is 6.07 Å². The molecule has 0 saturated carbocycles. The Labute approximate surface area is 196 Å². The number of benzene rings is 1. The smallest absolute Gasteiger partial charge is 0.347 e. The van der Waals surface area contributed by atoms with Crippen molar-refractivity contribution in [3.8, 4) is 17.7 Å². The van der Waals surface area contributed by atoms with Gasteiger partial charge in [0.25, 0.3) is 5.56 Å². The van der Waals surface area contributed by atoms with E-state index in [1.165, 1.54) is 28.9 Å². The van der Waals surface area contributed by atoms with Crippen LogP contribution in [0.25, 0.3) is 0 Å². The van der Waals surface area contributed by atoms with Gasteiger partial charge >= 0.3 is 6.03 Å². The highest BCUT2D eigenvalue weighted by molar-refractivity contribution is 6.37. The van der Waals surface area contributed by atoms with Crippen LogP contribution in [0, 0.1) is 11.3 Å². The van der Waals surface area contributed by atoms with Crippen molar-refractivity contribution in [2.75, 3.05) is 5.01 Å². The number of amides is 2. The Hall–Kier alpha value is -4.20. The fraction of sp³-hybridized carbons (Fsp3) is 0.0476. The largest absolute Gasteiger partial charge is 0.434 e. The monoisotopic (exact) mass is 481 g/mol. The summed E-state index contributed by atoms with van der Waals surface area (Å²) in [5.74, 6) is 0.145. The van der Waals surface area contributed by atoms with E-state index in [0.717, 1.165) is 10.6 Å². The van der Waals surface area contributed by atoms with E-state index < -0.39 is 6.03 Å². The number of ether oxygens (including phenoxy) is 1. The van der Waals surface area contributed by atoms with Crippen LogP contribution in [-0.4, -0.2) is 26.5 Å². The molecule has 1 N–H and O–H groups in total. The van der Waals surface area contributed by atoms with Gasteiger partial charge < -0.3 is 10.1 Å². The summed E-state index contributed by atoms with van der Waals surface area (Å²) < 4.78 is 6.96. The fourth-order valence-corrected chi connectivity index (χ4v) is 3.39. The van der Waals surface area contributed by atoms with Crippen LogP contribution < -0.4 is 20.6 Å². The molecule has 0 fully saturated rings. The number of nitrogens with zero attached hydrogens (tertiary/aromatic N) is 6. The Morgan fingerprint density at radius 2 is 1.82 bits per heavy atom. The molecule has 0 atom stereocenters. The Morgan fingerprint density at radius 3 is 2.48 bits per heavy atom. The summed E-state index contributed by atoms with van der Waals surface area (Å²) in [6.45, 7) is 3.78. The van der Waals surface area contributed by atoms with Crippen molar-refractivity contribution in [3.63, 3.8) is 0 Å². The SMILES string of the molecule is C=C1NC(=O)N(c2cc(Cl)c(Oc3ccc(=O)n(Cc4ccncc4)n3)c(Cl)c2)N=C1C#N. The van der Waals surface area contributed by atoms with Crippen LogP contribution in [0.3, 0.4) is 0 Å². The van der Waals surface area contributed by atoms with Gasteiger partial charge in [0.05, 0.1) is 28.0 Å². The molecule has 1 aliphatic heterocycles. The number of anilines is 1. The van der Waals surface area contributed by atoms with Crippen molar-refractivity contribution in [2.24, 2.45) is 5.10 Å². The quantitative estimate of drug-likeness (QED) is 0.591. The van der Waals surface area contributed by atoms with Crippen LogP contribution in [-0.2, 0) is 6.54 Å². The summed E-state index contributed by atoms with van der Waals surface area (Å²) in [4.78, 5) is 28.4. The lowest BCUT2D eigenvalue weighted by atomic mass is 10.2. The van der Waals surface area contributed by atoms with Crippen LogP contribution in [0.2, 0.25) is 10.0 Å². The average molecular weight is 482 g/mol. The molecule has 1 aliphatic rings. The molecule has 0 bridgehead atoms. The third-order valence-electron chi connectivity index (χ3n) is 4.40. The highest BCUT2D eigenvalue weighted by atomic mass is 35.5. The van der Waals surface area contributed by atoms with E-state index in [4.69, 9.17) is 33.2 Å². The number of urea groups is 1. The number of carbonyl (C=O) groups excluding carboxylic acids is 1. The van der Waals surface area contributed by atoms with Crippen LogP contribution in [0.15, 0.2) is 71.0 Å². The van der Waals surface area contributed by atoms with Gasteiger partial charge in [-0.3, -0.25) is 9.78 Å². The number of nitrogens with one attached hydrogen (secondary N) is 1. The molecule has 164 valence electrons. The van der Waals surface area contributed by atoms with Crippen molar-refractivity contribution in [1.29, 1.82) is 5.26 Å². The van der Waals surface area contributed by atoms with E-state index in [1.54, 1.807) is 24.5 Å². The number of nitriles is 1. The Balaban J connectivity index is 1.63. The number of hydrazone groups is 1. The summed E-state index contributed by atoms with van der Waals surface area (Å²) >= 11 is 12.7. The first-order chi connectivity index (χ1) is 15.9. The summed E-state index contributed by atoms with van der Waals surface area (Å²) in [7, 11) is 0. The Bertz CT molecular complexity index is 1370. The summed E-state index contributed by atoms with van der Waals surface area (Å²) in [6.07, 6.45) is 3.23. The molecule has 33 heavy (non-hydrogen) atoms. The molecular weight excluding hydrogens is 469 g/mol. The molecule has 12 heteroatoms. The average Bonchev–Trinajstić information content (AvgIpc) is 2.79. The number of aromatic nitrogens is 3. The molecule has 0 radical (unpaired) electrons. The topological polar surface area (TPSA) is 126 Å². The zero-order chi connectivity index (χ0) is 23.5. The summed E-state index contributed by atoms with van der Waals surface area (Å²) in [5.41, 5.74) is 0.727. The van der Waals surface area contributed by atoms with E-state index in [9.17, 15) is 9.59 Å². The first-order valence-corrected chi connectivity index (χ1v) is 10.0. The van der Waals surface area contributed by atoms with Crippen LogP contribution in [0.1, 0.15) is 5.56 Å². The third kappa shape index (κ3) is 4.69. The van der Waals surface area contributed by atoms with E-state index in [-0.39, 0.29) is 50.9 Å². The zero-order valence-corrected chi connectivity index (χ0v) is 18.2. The van der Waals surface area contributed by atoms with Crippen molar-refractivity contribution in [3.05, 3.63) is 87.0 Å². The number of rotatable bonds is 5. The molecule has 10 nitrogen and oxygen atoms in total. The molecule has 0 aliphatic carbocycles. The molecule has 3 heterocycles. The third-order valence-corrected chi connectivity index (χ3v) is 4.96. The van der Waals surface area contributed by atoms with Crippen molar-refractivity contribution in [2.45, 2.75) is 6.54 Å². The molecule has 2 amide bonds. The molecule has 1 aromatic carbocycles. The maximum absolute atomic E-state index is 12.3. The number of allylic oxidation sites excluding steroid dienone is 1. The van der Waals surface area contributed by atoms with Crippen molar-refractivity contribution in [1.82, 2.24) is 20.1 Å². The second-order valence-electron chi connectivity index (χ2n) is 6.64. The molecule has 0 saturated heterocycles. The minimum atomic E-state index is -0.635. The minimum absolute atomic E-state index is 0.0529. The number of pyridine rings is 1. The lowest BCUT2D eigenvalue weighted by molar-refractivity contribution is 0.248. The Morgan fingerprint density at radius 1 is 1.12 bits per heavy atom. The number of halogens is 2. The van der Waals surface area contributed by atoms with Gasteiger partial charge in [-0.2, -0.15) is 15.4 Å². The number of carbonyl (C=O) groups is 1. The van der Waals surface area contributed by atoms with Crippen molar-refractivity contribution >= 4 is 40.6 Å². The van der Waals surface area contributed by atoms with E-state index >= 15 is 0 Å². The van der Waals surface area contributed by atoms with Gasteiger partial charge in [0.2, 0.25) is 5.88 Å². The fourth-order valence-electron chi connectivity index (χ4n) is 2.84. The van der Waals surface area contributed by atoms with Crippen LogP contribution >= 0.6 is 23.2 Å². The summed E-state index contributed by atoms with van der Waals surface area (Å²) in [6, 6.07) is 10.2. The van der Waals surface area contributed by atoms with E-state index in [2.05, 4.69) is 27.1 Å².